The number of carbonyl (C=O) groups excluding carboxylic acids is 1. The van der Waals surface area contributed by atoms with Crippen LogP contribution in [0.15, 0.2) is 72.8 Å². The SMILES string of the molecule is CS(=O)(=O)Nc1cccc(N[C@H](C(=O)Nc2cc(C(F)(F)F)ccc2Cl)c2ccccc2)c1. The van der Waals surface area contributed by atoms with Gasteiger partial charge in [0.2, 0.25) is 10.0 Å². The molecule has 0 aliphatic rings. The van der Waals surface area contributed by atoms with E-state index in [0.717, 1.165) is 24.5 Å². The first-order valence-corrected chi connectivity index (χ1v) is 11.8. The van der Waals surface area contributed by atoms with Crippen molar-refractivity contribution >= 4 is 44.6 Å². The lowest BCUT2D eigenvalue weighted by Crippen LogP contribution is -2.27. The van der Waals surface area contributed by atoms with Crippen LogP contribution in [0.2, 0.25) is 5.02 Å². The molecule has 3 N–H and O–H groups in total. The van der Waals surface area contributed by atoms with Crippen LogP contribution in [0.1, 0.15) is 17.2 Å². The van der Waals surface area contributed by atoms with Crippen molar-refractivity contribution in [2.75, 3.05) is 21.6 Å². The van der Waals surface area contributed by atoms with E-state index in [1.165, 1.54) is 12.1 Å². The molecule has 174 valence electrons. The van der Waals surface area contributed by atoms with Gasteiger partial charge in [-0.3, -0.25) is 9.52 Å². The molecule has 33 heavy (non-hydrogen) atoms. The zero-order chi connectivity index (χ0) is 24.2. The molecule has 0 unspecified atom stereocenters. The van der Waals surface area contributed by atoms with E-state index in [4.69, 9.17) is 11.6 Å². The number of hydrogen-bond acceptors (Lipinski definition) is 4. The highest BCUT2D eigenvalue weighted by Crippen LogP contribution is 2.34. The van der Waals surface area contributed by atoms with Crippen LogP contribution in [-0.2, 0) is 21.0 Å². The molecule has 0 saturated heterocycles. The molecular formula is C22H19ClF3N3O3S. The second-order valence-electron chi connectivity index (χ2n) is 7.12. The maximum absolute atomic E-state index is 13.1. The quantitative estimate of drug-likeness (QED) is 0.401. The van der Waals surface area contributed by atoms with Gasteiger partial charge in [0.1, 0.15) is 6.04 Å². The average molecular weight is 498 g/mol. The maximum atomic E-state index is 13.1. The fourth-order valence-electron chi connectivity index (χ4n) is 3.00. The lowest BCUT2D eigenvalue weighted by atomic mass is 10.1. The van der Waals surface area contributed by atoms with Crippen molar-refractivity contribution in [1.29, 1.82) is 0 Å². The predicted octanol–water partition coefficient (Wildman–Crippen LogP) is 5.52. The van der Waals surface area contributed by atoms with Crippen LogP contribution in [0.5, 0.6) is 0 Å². The van der Waals surface area contributed by atoms with Crippen LogP contribution in [0.25, 0.3) is 0 Å². The molecule has 1 atom stereocenters. The van der Waals surface area contributed by atoms with E-state index in [2.05, 4.69) is 15.4 Å². The fraction of sp³-hybridized carbons (Fsp3) is 0.136. The van der Waals surface area contributed by atoms with Crippen molar-refractivity contribution < 1.29 is 26.4 Å². The summed E-state index contributed by atoms with van der Waals surface area (Å²) in [7, 11) is -3.52. The smallest absolute Gasteiger partial charge is 0.370 e. The molecule has 0 bridgehead atoms. The number of nitrogens with one attached hydrogen (secondary N) is 3. The number of benzene rings is 3. The van der Waals surface area contributed by atoms with Crippen molar-refractivity contribution in [2.45, 2.75) is 12.2 Å². The van der Waals surface area contributed by atoms with Gasteiger partial charge in [0.25, 0.3) is 5.91 Å². The first kappa shape index (κ1) is 24.4. The molecule has 11 heteroatoms. The highest BCUT2D eigenvalue weighted by Gasteiger charge is 2.31. The Labute approximate surface area is 193 Å². The van der Waals surface area contributed by atoms with E-state index >= 15 is 0 Å². The molecule has 1 amide bonds. The molecular weight excluding hydrogens is 479 g/mol. The molecule has 0 aliphatic carbocycles. The van der Waals surface area contributed by atoms with Gasteiger partial charge >= 0.3 is 6.18 Å². The second kappa shape index (κ2) is 9.72. The van der Waals surface area contributed by atoms with E-state index < -0.39 is 33.7 Å². The highest BCUT2D eigenvalue weighted by atomic mass is 35.5. The third-order valence-electron chi connectivity index (χ3n) is 4.42. The van der Waals surface area contributed by atoms with Crippen LogP contribution in [0, 0.1) is 0 Å². The minimum atomic E-state index is -4.60. The molecule has 0 spiro atoms. The number of sulfonamides is 1. The van der Waals surface area contributed by atoms with Gasteiger partial charge in [-0.1, -0.05) is 48.0 Å². The molecule has 6 nitrogen and oxygen atoms in total. The lowest BCUT2D eigenvalue weighted by molar-refractivity contribution is -0.137. The van der Waals surface area contributed by atoms with Crippen LogP contribution in [0.4, 0.5) is 30.2 Å². The third kappa shape index (κ3) is 6.87. The van der Waals surface area contributed by atoms with Crippen LogP contribution >= 0.6 is 11.6 Å². The van der Waals surface area contributed by atoms with Crippen LogP contribution < -0.4 is 15.4 Å². The molecule has 0 fully saturated rings. The second-order valence-corrected chi connectivity index (χ2v) is 9.28. The number of halogens is 4. The number of rotatable bonds is 7. The molecule has 0 aromatic heterocycles. The van der Waals surface area contributed by atoms with Crippen LogP contribution in [-0.4, -0.2) is 20.6 Å². The Morgan fingerprint density at radius 1 is 0.939 bits per heavy atom. The maximum Gasteiger partial charge on any atom is 0.416 e. The Balaban J connectivity index is 1.92. The number of alkyl halides is 3. The summed E-state index contributed by atoms with van der Waals surface area (Å²) in [5.74, 6) is -0.663. The van der Waals surface area contributed by atoms with Gasteiger partial charge in [-0.25, -0.2) is 8.42 Å². The topological polar surface area (TPSA) is 87.3 Å². The summed E-state index contributed by atoms with van der Waals surface area (Å²) < 4.78 is 64.6. The Kier molecular flexibility index (Phi) is 7.19. The Hall–Kier alpha value is -3.24. The van der Waals surface area contributed by atoms with Crippen molar-refractivity contribution in [2.24, 2.45) is 0 Å². The molecule has 0 saturated carbocycles. The monoisotopic (exact) mass is 497 g/mol. The summed E-state index contributed by atoms with van der Waals surface area (Å²) in [4.78, 5) is 13.1. The normalized spacial score (nSPS) is 12.6. The number of hydrogen-bond donors (Lipinski definition) is 3. The van der Waals surface area contributed by atoms with Crippen molar-refractivity contribution in [3.05, 3.63) is 88.9 Å². The van der Waals surface area contributed by atoms with Gasteiger partial charge in [0.15, 0.2) is 0 Å². The highest BCUT2D eigenvalue weighted by molar-refractivity contribution is 7.92. The van der Waals surface area contributed by atoms with E-state index in [9.17, 15) is 26.4 Å². The fourth-order valence-corrected chi connectivity index (χ4v) is 3.72. The molecule has 0 heterocycles. The Morgan fingerprint density at radius 2 is 1.61 bits per heavy atom. The Bertz CT molecular complexity index is 1250. The van der Waals surface area contributed by atoms with Crippen molar-refractivity contribution in [3.63, 3.8) is 0 Å². The van der Waals surface area contributed by atoms with Gasteiger partial charge in [-0.05, 0) is 42.0 Å². The largest absolute Gasteiger partial charge is 0.416 e. The summed E-state index contributed by atoms with van der Waals surface area (Å²) in [6.45, 7) is 0. The molecule has 0 radical (unpaired) electrons. The van der Waals surface area contributed by atoms with Gasteiger partial charge < -0.3 is 10.6 Å². The summed E-state index contributed by atoms with van der Waals surface area (Å²) in [6.07, 6.45) is -3.60. The minimum absolute atomic E-state index is 0.0532. The van der Waals surface area contributed by atoms with Gasteiger partial charge in [-0.2, -0.15) is 13.2 Å². The van der Waals surface area contributed by atoms with E-state index in [-0.39, 0.29) is 16.4 Å². The number of anilines is 3. The van der Waals surface area contributed by atoms with Gasteiger partial charge in [-0.15, -0.1) is 0 Å². The van der Waals surface area contributed by atoms with E-state index in [1.54, 1.807) is 42.5 Å². The predicted molar refractivity (Wildman–Crippen MR) is 123 cm³/mol. The molecule has 3 aromatic rings. The number of amides is 1. The van der Waals surface area contributed by atoms with Gasteiger partial charge in [0, 0.05) is 5.69 Å². The molecule has 3 aromatic carbocycles. The van der Waals surface area contributed by atoms with Crippen molar-refractivity contribution in [3.8, 4) is 0 Å². The lowest BCUT2D eigenvalue weighted by Gasteiger charge is -2.21. The summed E-state index contributed by atoms with van der Waals surface area (Å²) >= 11 is 6.02. The third-order valence-corrected chi connectivity index (χ3v) is 5.36. The average Bonchev–Trinajstić information content (AvgIpc) is 2.72. The summed E-state index contributed by atoms with van der Waals surface area (Å²) in [5, 5.41) is 5.39. The molecule has 3 rings (SSSR count). The molecule has 0 aliphatic heterocycles. The Morgan fingerprint density at radius 3 is 2.24 bits per heavy atom. The minimum Gasteiger partial charge on any atom is -0.370 e. The van der Waals surface area contributed by atoms with Gasteiger partial charge in [0.05, 0.1) is 28.2 Å². The number of carbonyl (C=O) groups is 1. The van der Waals surface area contributed by atoms with Crippen LogP contribution in [0.3, 0.4) is 0 Å². The van der Waals surface area contributed by atoms with Crippen molar-refractivity contribution in [1.82, 2.24) is 0 Å². The summed E-state index contributed by atoms with van der Waals surface area (Å²) in [5.41, 5.74) is 0.0655. The zero-order valence-corrected chi connectivity index (χ0v) is 18.7. The first-order chi connectivity index (χ1) is 15.4. The first-order valence-electron chi connectivity index (χ1n) is 9.49. The summed E-state index contributed by atoms with van der Waals surface area (Å²) in [6, 6.07) is 16.3. The van der Waals surface area contributed by atoms with E-state index in [0.29, 0.717) is 11.3 Å². The zero-order valence-electron chi connectivity index (χ0n) is 17.2. The van der Waals surface area contributed by atoms with E-state index in [1.807, 2.05) is 0 Å². The standard InChI is InChI=1S/C22H19ClF3N3O3S/c1-33(31,32)29-17-9-5-8-16(13-17)27-20(14-6-3-2-4-7-14)21(30)28-19-12-15(22(24,25)26)10-11-18(19)23/h2-13,20,27,29H,1H3,(H,28,30)/t20-/m0/s1.